The minimum atomic E-state index is -0.571. The Bertz CT molecular complexity index is 1200. The highest BCUT2D eigenvalue weighted by molar-refractivity contribution is 6.32. The van der Waals surface area contributed by atoms with E-state index in [-0.39, 0.29) is 5.91 Å². The van der Waals surface area contributed by atoms with E-state index in [0.29, 0.717) is 11.3 Å². The van der Waals surface area contributed by atoms with Crippen molar-refractivity contribution in [1.29, 1.82) is 0 Å². The average Bonchev–Trinajstić information content (AvgIpc) is 2.85. The Hall–Kier alpha value is -4.11. The third-order valence-corrected chi connectivity index (χ3v) is 5.34. The van der Waals surface area contributed by atoms with Crippen LogP contribution in [0.3, 0.4) is 0 Å². The predicted molar refractivity (Wildman–Crippen MR) is 124 cm³/mol. The molecular weight excluding hydrogens is 382 g/mol. The number of carbonyl (C=O) groups is 1. The molecule has 0 bridgehead atoms. The van der Waals surface area contributed by atoms with Crippen molar-refractivity contribution in [2.45, 2.75) is 6.23 Å². The third-order valence-electron chi connectivity index (χ3n) is 5.34. The van der Waals surface area contributed by atoms with Crippen LogP contribution in [0.5, 0.6) is 0 Å². The monoisotopic (exact) mass is 403 g/mol. The summed E-state index contributed by atoms with van der Waals surface area (Å²) in [7, 11) is 0. The van der Waals surface area contributed by atoms with Crippen LogP contribution in [0.25, 0.3) is 11.3 Å². The summed E-state index contributed by atoms with van der Waals surface area (Å²) in [6.07, 6.45) is -0.571. The van der Waals surface area contributed by atoms with Crippen molar-refractivity contribution in [2.75, 3.05) is 4.90 Å². The Morgan fingerprint density at radius 3 is 1.65 bits per heavy atom. The van der Waals surface area contributed by atoms with Crippen LogP contribution < -0.4 is 4.90 Å². The summed E-state index contributed by atoms with van der Waals surface area (Å²) in [5.41, 5.74) is 3.98. The van der Waals surface area contributed by atoms with Gasteiger partial charge in [-0.2, -0.15) is 0 Å². The molecule has 3 nitrogen and oxygen atoms in total. The molecule has 1 amide bonds. The molecule has 31 heavy (non-hydrogen) atoms. The van der Waals surface area contributed by atoms with E-state index in [4.69, 9.17) is 4.74 Å². The van der Waals surface area contributed by atoms with Gasteiger partial charge in [-0.1, -0.05) is 109 Å². The van der Waals surface area contributed by atoms with E-state index in [1.165, 1.54) is 0 Å². The molecule has 1 heterocycles. The maximum atomic E-state index is 14.1. The number of ether oxygens (including phenoxy) is 1. The SMILES string of the molecule is O=C1C(c2ccccc2)=C(c2ccccc2)O[C@H](c2ccccc2)N1c1ccccc1. The number of amides is 1. The molecule has 0 spiro atoms. The Morgan fingerprint density at radius 1 is 0.581 bits per heavy atom. The molecule has 0 radical (unpaired) electrons. The Labute approximate surface area is 181 Å². The minimum absolute atomic E-state index is 0.0867. The van der Waals surface area contributed by atoms with Crippen molar-refractivity contribution in [1.82, 2.24) is 0 Å². The number of carbonyl (C=O) groups excluding carboxylic acids is 1. The van der Waals surface area contributed by atoms with Gasteiger partial charge in [0.25, 0.3) is 5.91 Å². The van der Waals surface area contributed by atoms with Crippen LogP contribution >= 0.6 is 0 Å². The van der Waals surface area contributed by atoms with E-state index in [1.54, 1.807) is 4.90 Å². The molecule has 1 aliphatic heterocycles. The molecule has 0 aromatic heterocycles. The molecule has 0 N–H and O–H groups in total. The first kappa shape index (κ1) is 18.9. The van der Waals surface area contributed by atoms with Crippen LogP contribution in [0.2, 0.25) is 0 Å². The van der Waals surface area contributed by atoms with E-state index in [0.717, 1.165) is 22.4 Å². The van der Waals surface area contributed by atoms with Crippen molar-refractivity contribution in [3.05, 3.63) is 138 Å². The first-order valence-corrected chi connectivity index (χ1v) is 10.3. The molecule has 0 fully saturated rings. The topological polar surface area (TPSA) is 29.5 Å². The van der Waals surface area contributed by atoms with Crippen molar-refractivity contribution in [3.8, 4) is 0 Å². The lowest BCUT2D eigenvalue weighted by Crippen LogP contribution is -2.40. The first-order valence-electron chi connectivity index (χ1n) is 10.3. The molecule has 0 saturated heterocycles. The highest BCUT2D eigenvalue weighted by Gasteiger charge is 2.38. The molecule has 1 aliphatic rings. The minimum Gasteiger partial charge on any atom is -0.464 e. The molecule has 0 unspecified atom stereocenters. The number of anilines is 1. The fourth-order valence-electron chi connectivity index (χ4n) is 3.88. The lowest BCUT2D eigenvalue weighted by atomic mass is 9.96. The fourth-order valence-corrected chi connectivity index (χ4v) is 3.88. The molecule has 150 valence electrons. The van der Waals surface area contributed by atoms with Gasteiger partial charge in [-0.3, -0.25) is 9.69 Å². The van der Waals surface area contributed by atoms with E-state index in [2.05, 4.69) is 0 Å². The van der Waals surface area contributed by atoms with Gasteiger partial charge in [0.05, 0.1) is 5.57 Å². The second kappa shape index (κ2) is 8.33. The molecule has 4 aromatic carbocycles. The predicted octanol–water partition coefficient (Wildman–Crippen LogP) is 6.32. The van der Waals surface area contributed by atoms with Crippen LogP contribution in [0, 0.1) is 0 Å². The molecular formula is C28H21NO2. The number of benzene rings is 4. The summed E-state index contributed by atoms with van der Waals surface area (Å²) in [6, 6.07) is 39.1. The van der Waals surface area contributed by atoms with E-state index < -0.39 is 6.23 Å². The highest BCUT2D eigenvalue weighted by atomic mass is 16.5. The second-order valence-corrected chi connectivity index (χ2v) is 7.33. The fraction of sp³-hybridized carbons (Fsp3) is 0.0357. The summed E-state index contributed by atoms with van der Waals surface area (Å²) in [4.78, 5) is 15.8. The van der Waals surface area contributed by atoms with Gasteiger partial charge in [0, 0.05) is 16.8 Å². The van der Waals surface area contributed by atoms with Crippen molar-refractivity contribution >= 4 is 22.9 Å². The largest absolute Gasteiger partial charge is 0.464 e. The van der Waals surface area contributed by atoms with E-state index in [1.807, 2.05) is 121 Å². The van der Waals surface area contributed by atoms with Crippen molar-refractivity contribution in [3.63, 3.8) is 0 Å². The van der Waals surface area contributed by atoms with Gasteiger partial charge >= 0.3 is 0 Å². The summed E-state index contributed by atoms with van der Waals surface area (Å²) in [5.74, 6) is 0.509. The van der Waals surface area contributed by atoms with Gasteiger partial charge in [0.2, 0.25) is 6.23 Å². The second-order valence-electron chi connectivity index (χ2n) is 7.33. The molecule has 3 heteroatoms. The summed E-state index contributed by atoms with van der Waals surface area (Å²) >= 11 is 0. The smallest absolute Gasteiger partial charge is 0.265 e. The lowest BCUT2D eigenvalue weighted by molar-refractivity contribution is -0.116. The average molecular weight is 403 g/mol. The Balaban J connectivity index is 1.75. The normalized spacial score (nSPS) is 16.2. The lowest BCUT2D eigenvalue weighted by Gasteiger charge is -2.38. The van der Waals surface area contributed by atoms with Gasteiger partial charge in [0.1, 0.15) is 5.76 Å². The molecule has 5 rings (SSSR count). The van der Waals surface area contributed by atoms with Gasteiger partial charge in [0.15, 0.2) is 0 Å². The van der Waals surface area contributed by atoms with E-state index >= 15 is 0 Å². The number of hydrogen-bond donors (Lipinski definition) is 0. The molecule has 0 saturated carbocycles. The first-order chi connectivity index (χ1) is 15.3. The Kier molecular flexibility index (Phi) is 5.07. The van der Waals surface area contributed by atoms with Crippen LogP contribution in [0.4, 0.5) is 5.69 Å². The van der Waals surface area contributed by atoms with Crippen molar-refractivity contribution in [2.24, 2.45) is 0 Å². The molecule has 1 atom stereocenters. The van der Waals surface area contributed by atoms with Gasteiger partial charge in [-0.15, -0.1) is 0 Å². The van der Waals surface area contributed by atoms with Gasteiger partial charge < -0.3 is 4.74 Å². The zero-order valence-electron chi connectivity index (χ0n) is 16.9. The van der Waals surface area contributed by atoms with E-state index in [9.17, 15) is 4.79 Å². The van der Waals surface area contributed by atoms with Crippen LogP contribution in [0.15, 0.2) is 121 Å². The number of rotatable bonds is 4. The number of para-hydroxylation sites is 1. The maximum absolute atomic E-state index is 14.1. The van der Waals surface area contributed by atoms with Gasteiger partial charge in [-0.05, 0) is 17.7 Å². The van der Waals surface area contributed by atoms with Crippen LogP contribution in [-0.2, 0) is 9.53 Å². The summed E-state index contributed by atoms with van der Waals surface area (Å²) in [5, 5.41) is 0. The Morgan fingerprint density at radius 2 is 1.06 bits per heavy atom. The standard InChI is InChI=1S/C28H21NO2/c30-27-25(21-13-5-1-6-14-21)26(22-15-7-2-8-16-22)31-28(23-17-9-3-10-18-23)29(27)24-19-11-4-12-20-24/h1-20,28H/t28-/m1/s1. The van der Waals surface area contributed by atoms with Crippen LogP contribution in [0.1, 0.15) is 22.9 Å². The highest BCUT2D eigenvalue weighted by Crippen LogP contribution is 2.42. The molecule has 0 aliphatic carbocycles. The third kappa shape index (κ3) is 3.62. The van der Waals surface area contributed by atoms with Crippen molar-refractivity contribution < 1.29 is 9.53 Å². The molecule has 4 aromatic rings. The zero-order chi connectivity index (χ0) is 21.0. The summed E-state index contributed by atoms with van der Waals surface area (Å²) in [6.45, 7) is 0. The number of nitrogens with zero attached hydrogens (tertiary/aromatic N) is 1. The zero-order valence-corrected chi connectivity index (χ0v) is 16.9. The number of hydrogen-bond acceptors (Lipinski definition) is 2. The van der Waals surface area contributed by atoms with Crippen LogP contribution in [-0.4, -0.2) is 5.91 Å². The van der Waals surface area contributed by atoms with Gasteiger partial charge in [-0.25, -0.2) is 0 Å². The quantitative estimate of drug-likeness (QED) is 0.399. The summed E-state index contributed by atoms with van der Waals surface area (Å²) < 4.78 is 6.65. The maximum Gasteiger partial charge on any atom is 0.265 e.